The Hall–Kier alpha value is -1.44. The summed E-state index contributed by atoms with van der Waals surface area (Å²) in [5.41, 5.74) is 1.25. The van der Waals surface area contributed by atoms with Crippen molar-refractivity contribution in [2.75, 3.05) is 0 Å². The maximum atomic E-state index is 4.10. The highest BCUT2D eigenvalue weighted by molar-refractivity contribution is 5.30. The molecule has 80 valence electrons. The molecule has 0 aliphatic heterocycles. The molecular formula is C13H18N2. The molecule has 0 amide bonds. The normalized spacial score (nSPS) is 16.4. The molecule has 0 saturated carbocycles. The van der Waals surface area contributed by atoms with E-state index >= 15 is 0 Å². The molecule has 0 N–H and O–H groups in total. The highest BCUT2D eigenvalue weighted by Crippen LogP contribution is 2.26. The third kappa shape index (κ3) is 2.75. The molecule has 2 heteroatoms. The number of hydrogen-bond donors (Lipinski definition) is 0. The van der Waals surface area contributed by atoms with E-state index in [1.165, 1.54) is 5.56 Å². The van der Waals surface area contributed by atoms with Gasteiger partial charge in [-0.1, -0.05) is 30.3 Å². The molecule has 0 aromatic heterocycles. The average molecular weight is 202 g/mol. The second-order valence-electron chi connectivity index (χ2n) is 3.78. The number of rotatable bonds is 5. The fraction of sp³-hybridized carbons (Fsp3) is 0.385. The lowest BCUT2D eigenvalue weighted by molar-refractivity contribution is 0.498. The summed E-state index contributed by atoms with van der Waals surface area (Å²) in [5.74, 6) is 0.265. The van der Waals surface area contributed by atoms with Crippen LogP contribution in [0.2, 0.25) is 0 Å². The molecule has 0 aliphatic rings. The number of hydrogen-bond acceptors (Lipinski definition) is 2. The predicted molar refractivity (Wildman–Crippen MR) is 67.2 cm³/mol. The van der Waals surface area contributed by atoms with Gasteiger partial charge in [-0.25, -0.2) is 0 Å². The first-order valence-electron chi connectivity index (χ1n) is 5.17. The summed E-state index contributed by atoms with van der Waals surface area (Å²) >= 11 is 0. The first-order valence-corrected chi connectivity index (χ1v) is 5.17. The predicted octanol–water partition coefficient (Wildman–Crippen LogP) is 2.95. The average Bonchev–Trinajstić information content (AvgIpc) is 2.30. The van der Waals surface area contributed by atoms with Crippen molar-refractivity contribution in [3.63, 3.8) is 0 Å². The van der Waals surface area contributed by atoms with Gasteiger partial charge in [-0.3, -0.25) is 9.98 Å². The Kier molecular flexibility index (Phi) is 4.22. The van der Waals surface area contributed by atoms with Crippen LogP contribution in [0.3, 0.4) is 0 Å². The number of benzene rings is 1. The fourth-order valence-corrected chi connectivity index (χ4v) is 1.86. The second-order valence-corrected chi connectivity index (χ2v) is 3.78. The minimum atomic E-state index is 0.160. The topological polar surface area (TPSA) is 24.7 Å². The van der Waals surface area contributed by atoms with Crippen molar-refractivity contribution in [2.24, 2.45) is 9.98 Å². The summed E-state index contributed by atoms with van der Waals surface area (Å²) in [4.78, 5) is 8.19. The van der Waals surface area contributed by atoms with E-state index in [0.717, 1.165) is 0 Å². The van der Waals surface area contributed by atoms with E-state index in [2.05, 4.69) is 49.4 Å². The van der Waals surface area contributed by atoms with Crippen molar-refractivity contribution in [3.8, 4) is 0 Å². The minimum absolute atomic E-state index is 0.160. The summed E-state index contributed by atoms with van der Waals surface area (Å²) in [6, 6.07) is 10.6. The van der Waals surface area contributed by atoms with Gasteiger partial charge in [-0.2, -0.15) is 0 Å². The van der Waals surface area contributed by atoms with Gasteiger partial charge in [0.15, 0.2) is 0 Å². The van der Waals surface area contributed by atoms with Crippen molar-refractivity contribution in [1.82, 2.24) is 0 Å². The number of nitrogens with zero attached hydrogens (tertiary/aromatic N) is 2. The molecule has 1 rings (SSSR count). The Morgan fingerprint density at radius 2 is 1.40 bits per heavy atom. The van der Waals surface area contributed by atoms with Crippen molar-refractivity contribution >= 4 is 13.4 Å². The van der Waals surface area contributed by atoms with Crippen molar-refractivity contribution < 1.29 is 0 Å². The van der Waals surface area contributed by atoms with E-state index in [1.54, 1.807) is 0 Å². The smallest absolute Gasteiger partial charge is 0.0553 e. The fourth-order valence-electron chi connectivity index (χ4n) is 1.86. The minimum Gasteiger partial charge on any atom is -0.297 e. The Bertz CT molecular complexity index is 305. The lowest BCUT2D eigenvalue weighted by Crippen LogP contribution is -2.23. The van der Waals surface area contributed by atoms with E-state index in [1.807, 2.05) is 18.2 Å². The second kappa shape index (κ2) is 5.44. The molecule has 2 unspecified atom stereocenters. The third-order valence-electron chi connectivity index (χ3n) is 2.80. The van der Waals surface area contributed by atoms with E-state index in [9.17, 15) is 0 Å². The molecule has 1 aromatic carbocycles. The molecule has 1 aromatic rings. The van der Waals surface area contributed by atoms with Crippen LogP contribution >= 0.6 is 0 Å². The molecule has 15 heavy (non-hydrogen) atoms. The van der Waals surface area contributed by atoms with Crippen LogP contribution in [0.5, 0.6) is 0 Å². The molecule has 2 nitrogen and oxygen atoms in total. The highest BCUT2D eigenvalue weighted by atomic mass is 14.8. The summed E-state index contributed by atoms with van der Waals surface area (Å²) in [6.07, 6.45) is 0. The van der Waals surface area contributed by atoms with E-state index in [-0.39, 0.29) is 18.0 Å². The molecule has 2 atom stereocenters. The first kappa shape index (κ1) is 11.6. The van der Waals surface area contributed by atoms with Crippen molar-refractivity contribution in [1.29, 1.82) is 0 Å². The van der Waals surface area contributed by atoms with Gasteiger partial charge < -0.3 is 0 Å². The van der Waals surface area contributed by atoms with Gasteiger partial charge in [0.05, 0.1) is 12.1 Å². The largest absolute Gasteiger partial charge is 0.297 e. The van der Waals surface area contributed by atoms with Gasteiger partial charge in [0, 0.05) is 5.92 Å². The van der Waals surface area contributed by atoms with Gasteiger partial charge in [-0.15, -0.1) is 0 Å². The van der Waals surface area contributed by atoms with Crippen LogP contribution in [-0.2, 0) is 0 Å². The zero-order valence-electron chi connectivity index (χ0n) is 9.43. The van der Waals surface area contributed by atoms with Gasteiger partial charge in [0.1, 0.15) is 0 Å². The maximum absolute atomic E-state index is 4.10. The molecule has 0 saturated heterocycles. The van der Waals surface area contributed by atoms with Crippen LogP contribution < -0.4 is 0 Å². The van der Waals surface area contributed by atoms with E-state index in [0.29, 0.717) is 0 Å². The van der Waals surface area contributed by atoms with E-state index < -0.39 is 0 Å². The van der Waals surface area contributed by atoms with Crippen molar-refractivity contribution in [2.45, 2.75) is 31.8 Å². The Labute approximate surface area is 91.8 Å². The molecule has 0 bridgehead atoms. The third-order valence-corrected chi connectivity index (χ3v) is 2.80. The number of aliphatic imine (C=N–C) groups is 2. The van der Waals surface area contributed by atoms with Gasteiger partial charge in [0.25, 0.3) is 0 Å². The molecular weight excluding hydrogens is 184 g/mol. The standard InChI is InChI=1S/C13H18N2/c1-10(14-3)13(11(2)15-4)12-8-6-5-7-9-12/h5-11,13H,3-4H2,1-2H3. The SMILES string of the molecule is C=NC(C)C(c1ccccc1)C(C)N=C. The molecule has 0 radical (unpaired) electrons. The van der Waals surface area contributed by atoms with Crippen LogP contribution in [0.4, 0.5) is 0 Å². The quantitative estimate of drug-likeness (QED) is 0.656. The summed E-state index contributed by atoms with van der Waals surface area (Å²) in [7, 11) is 0. The Morgan fingerprint density at radius 1 is 0.933 bits per heavy atom. The Morgan fingerprint density at radius 3 is 1.80 bits per heavy atom. The maximum Gasteiger partial charge on any atom is 0.0553 e. The van der Waals surface area contributed by atoms with Crippen LogP contribution in [0, 0.1) is 0 Å². The highest BCUT2D eigenvalue weighted by Gasteiger charge is 2.23. The summed E-state index contributed by atoms with van der Waals surface area (Å²) < 4.78 is 0. The monoisotopic (exact) mass is 202 g/mol. The molecule has 0 spiro atoms. The zero-order chi connectivity index (χ0) is 11.3. The summed E-state index contributed by atoms with van der Waals surface area (Å²) in [5, 5.41) is 0. The van der Waals surface area contributed by atoms with Crippen LogP contribution in [-0.4, -0.2) is 25.5 Å². The Balaban J connectivity index is 3.01. The molecule has 0 fully saturated rings. The molecule has 0 aliphatic carbocycles. The van der Waals surface area contributed by atoms with Gasteiger partial charge in [0.2, 0.25) is 0 Å². The zero-order valence-corrected chi connectivity index (χ0v) is 9.43. The lowest BCUT2D eigenvalue weighted by Gasteiger charge is -2.24. The lowest BCUT2D eigenvalue weighted by atomic mass is 9.87. The summed E-state index contributed by atoms with van der Waals surface area (Å²) in [6.45, 7) is 11.3. The van der Waals surface area contributed by atoms with Gasteiger partial charge >= 0.3 is 0 Å². The van der Waals surface area contributed by atoms with Crippen molar-refractivity contribution in [3.05, 3.63) is 35.9 Å². The van der Waals surface area contributed by atoms with E-state index in [4.69, 9.17) is 0 Å². The van der Waals surface area contributed by atoms with Gasteiger partial charge in [-0.05, 0) is 32.8 Å². The first-order chi connectivity index (χ1) is 7.20. The van der Waals surface area contributed by atoms with Crippen LogP contribution in [0.15, 0.2) is 40.3 Å². The van der Waals surface area contributed by atoms with Crippen LogP contribution in [0.25, 0.3) is 0 Å². The molecule has 0 heterocycles. The van der Waals surface area contributed by atoms with Crippen LogP contribution in [0.1, 0.15) is 25.3 Å².